The minimum Gasteiger partial charge on any atom is -0.436 e. The van der Waals surface area contributed by atoms with Gasteiger partial charge < -0.3 is 8.83 Å². The molecule has 0 aliphatic heterocycles. The van der Waals surface area contributed by atoms with Gasteiger partial charge in [-0.05, 0) is 121 Å². The van der Waals surface area contributed by atoms with Gasteiger partial charge in [-0.1, -0.05) is 141 Å². The summed E-state index contributed by atoms with van der Waals surface area (Å²) in [6.07, 6.45) is 0. The molecule has 0 radical (unpaired) electrons. The first-order valence-electron chi connectivity index (χ1n) is 19.9. The Kier molecular flexibility index (Phi) is 6.86. The maximum Gasteiger partial charge on any atom is 0.227 e. The minimum absolute atomic E-state index is 0.130. The van der Waals surface area contributed by atoms with Crippen LogP contribution in [0, 0.1) is 0 Å². The lowest BCUT2D eigenvalue weighted by atomic mass is 9.55. The number of aromatic nitrogens is 2. The van der Waals surface area contributed by atoms with E-state index in [1.165, 1.54) is 50.1 Å². The number of rotatable bonds is 4. The van der Waals surface area contributed by atoms with E-state index in [1.54, 1.807) is 0 Å². The molecule has 0 N–H and O–H groups in total. The molecule has 0 saturated heterocycles. The molecule has 2 aliphatic rings. The lowest BCUT2D eigenvalue weighted by molar-refractivity contribution is 0.563. The molecule has 12 rings (SSSR count). The van der Waals surface area contributed by atoms with Gasteiger partial charge >= 0.3 is 0 Å². The van der Waals surface area contributed by atoms with Gasteiger partial charge in [-0.25, -0.2) is 9.97 Å². The summed E-state index contributed by atoms with van der Waals surface area (Å²) in [5.74, 6) is 1.11. The van der Waals surface area contributed by atoms with Gasteiger partial charge in [0, 0.05) is 16.5 Å². The van der Waals surface area contributed by atoms with Gasteiger partial charge in [0.15, 0.2) is 11.2 Å². The van der Waals surface area contributed by atoms with E-state index < -0.39 is 5.41 Å². The molecule has 1 spiro atoms. The van der Waals surface area contributed by atoms with Crippen molar-refractivity contribution in [2.75, 3.05) is 0 Å². The van der Waals surface area contributed by atoms with Gasteiger partial charge in [0.2, 0.25) is 11.8 Å². The predicted molar refractivity (Wildman–Crippen MR) is 233 cm³/mol. The molecule has 0 fully saturated rings. The average molecular weight is 745 g/mol. The van der Waals surface area contributed by atoms with Crippen LogP contribution >= 0.6 is 0 Å². The van der Waals surface area contributed by atoms with Gasteiger partial charge in [-0.15, -0.1) is 0 Å². The Morgan fingerprint density at radius 2 is 0.793 bits per heavy atom. The Labute approximate surface area is 336 Å². The number of oxazole rings is 2. The SMILES string of the molecule is CC1(C)c2ccccc2C2(c3ccccc3-c3cc(-c4cccc(-c5cc(-c6nc7ccccc7o6)cc(-c6nc7ccccc7o6)c5)c4)ccc32)c2ccccc21. The number of hydrogen-bond donors (Lipinski definition) is 0. The number of benzene rings is 8. The van der Waals surface area contributed by atoms with E-state index in [0.29, 0.717) is 11.8 Å². The number of fused-ring (bicyclic) bond motifs is 11. The molecule has 0 saturated carbocycles. The first-order chi connectivity index (χ1) is 28.5. The Morgan fingerprint density at radius 1 is 0.345 bits per heavy atom. The van der Waals surface area contributed by atoms with Crippen molar-refractivity contribution in [2.45, 2.75) is 24.7 Å². The average Bonchev–Trinajstić information content (AvgIpc) is 3.99. The van der Waals surface area contributed by atoms with Crippen LogP contribution in [0.3, 0.4) is 0 Å². The molecule has 2 heterocycles. The van der Waals surface area contributed by atoms with E-state index in [9.17, 15) is 0 Å². The standard InChI is InChI=1S/C54H36N2O2/c1-53(2)43-18-5-7-20-45(43)54(46-21-8-6-19-44(46)53)41-17-4-3-16-39(41)40-32-35(26-27-42(40)54)33-14-13-15-34(28-33)36-29-37(51-55-47-22-9-11-24-49(47)57-51)31-38(30-36)52-56-48-23-10-12-25-50(48)58-52/h3-32H,1-2H3. The summed E-state index contributed by atoms with van der Waals surface area (Å²) in [5, 5.41) is 0. The molecule has 274 valence electrons. The molecular weight excluding hydrogens is 709 g/mol. The van der Waals surface area contributed by atoms with Gasteiger partial charge in [0.05, 0.1) is 5.41 Å². The van der Waals surface area contributed by atoms with E-state index in [4.69, 9.17) is 18.8 Å². The summed E-state index contributed by atoms with van der Waals surface area (Å²) < 4.78 is 12.6. The second-order valence-electron chi connectivity index (χ2n) is 16.1. The van der Waals surface area contributed by atoms with Crippen LogP contribution in [-0.4, -0.2) is 9.97 Å². The molecule has 0 unspecified atom stereocenters. The Hall–Kier alpha value is -7.30. The third-order valence-electron chi connectivity index (χ3n) is 12.6. The molecule has 2 aliphatic carbocycles. The Balaban J connectivity index is 1.02. The lowest BCUT2D eigenvalue weighted by Gasteiger charge is -2.46. The van der Waals surface area contributed by atoms with Crippen molar-refractivity contribution in [3.63, 3.8) is 0 Å². The summed E-state index contributed by atoms with van der Waals surface area (Å²) in [7, 11) is 0. The first-order valence-corrected chi connectivity index (χ1v) is 19.9. The third kappa shape index (κ3) is 4.63. The first kappa shape index (κ1) is 32.9. The van der Waals surface area contributed by atoms with Crippen LogP contribution in [0.1, 0.15) is 47.2 Å². The Bertz CT molecular complexity index is 3080. The van der Waals surface area contributed by atoms with Crippen LogP contribution in [0.25, 0.3) is 78.5 Å². The van der Waals surface area contributed by atoms with Crippen LogP contribution in [0.15, 0.2) is 191 Å². The highest BCUT2D eigenvalue weighted by Gasteiger charge is 2.53. The normalized spacial score (nSPS) is 14.3. The van der Waals surface area contributed by atoms with E-state index in [-0.39, 0.29) is 5.41 Å². The fourth-order valence-corrected chi connectivity index (χ4v) is 9.96. The molecular formula is C54H36N2O2. The smallest absolute Gasteiger partial charge is 0.227 e. The zero-order valence-electron chi connectivity index (χ0n) is 32.0. The summed E-state index contributed by atoms with van der Waals surface area (Å²) in [6, 6.07) is 65.2. The molecule has 10 aromatic rings. The minimum atomic E-state index is -0.415. The van der Waals surface area contributed by atoms with Gasteiger partial charge in [-0.3, -0.25) is 0 Å². The summed E-state index contributed by atoms with van der Waals surface area (Å²) >= 11 is 0. The van der Waals surface area contributed by atoms with E-state index in [2.05, 4.69) is 147 Å². The number of hydrogen-bond acceptors (Lipinski definition) is 4. The summed E-state index contributed by atoms with van der Waals surface area (Å²) in [5.41, 5.74) is 19.4. The fraction of sp³-hybridized carbons (Fsp3) is 0.0741. The van der Waals surface area contributed by atoms with Crippen LogP contribution in [0.2, 0.25) is 0 Å². The third-order valence-corrected chi connectivity index (χ3v) is 12.6. The van der Waals surface area contributed by atoms with Crippen LogP contribution < -0.4 is 0 Å². The van der Waals surface area contributed by atoms with Gasteiger partial charge in [-0.2, -0.15) is 0 Å². The quantitative estimate of drug-likeness (QED) is 0.180. The molecule has 0 amide bonds. The monoisotopic (exact) mass is 744 g/mol. The van der Waals surface area contributed by atoms with Crippen molar-refractivity contribution in [3.8, 4) is 56.3 Å². The molecule has 4 nitrogen and oxygen atoms in total. The maximum atomic E-state index is 6.30. The van der Waals surface area contributed by atoms with Gasteiger partial charge in [0.1, 0.15) is 11.0 Å². The van der Waals surface area contributed by atoms with Crippen LogP contribution in [0.5, 0.6) is 0 Å². The molecule has 0 atom stereocenters. The van der Waals surface area contributed by atoms with Gasteiger partial charge in [0.25, 0.3) is 0 Å². The Morgan fingerprint density at radius 3 is 1.40 bits per heavy atom. The van der Waals surface area contributed by atoms with Crippen molar-refractivity contribution in [1.82, 2.24) is 9.97 Å². The number of nitrogens with zero attached hydrogens (tertiary/aromatic N) is 2. The summed E-state index contributed by atoms with van der Waals surface area (Å²) in [4.78, 5) is 9.73. The molecule has 58 heavy (non-hydrogen) atoms. The topological polar surface area (TPSA) is 52.1 Å². The maximum absolute atomic E-state index is 6.30. The van der Waals surface area contributed by atoms with Crippen molar-refractivity contribution >= 4 is 22.2 Å². The number of para-hydroxylation sites is 4. The van der Waals surface area contributed by atoms with Crippen molar-refractivity contribution in [3.05, 3.63) is 215 Å². The molecule has 0 bridgehead atoms. The van der Waals surface area contributed by atoms with Crippen molar-refractivity contribution in [1.29, 1.82) is 0 Å². The second-order valence-corrected chi connectivity index (χ2v) is 16.1. The largest absolute Gasteiger partial charge is 0.436 e. The second kappa shape index (κ2) is 12.1. The highest BCUT2D eigenvalue weighted by atomic mass is 16.4. The molecule has 4 heteroatoms. The van der Waals surface area contributed by atoms with Crippen molar-refractivity contribution < 1.29 is 8.83 Å². The van der Waals surface area contributed by atoms with Crippen LogP contribution in [-0.2, 0) is 10.8 Å². The summed E-state index contributed by atoms with van der Waals surface area (Å²) in [6.45, 7) is 4.74. The highest BCUT2D eigenvalue weighted by Crippen LogP contribution is 2.62. The van der Waals surface area contributed by atoms with E-state index in [0.717, 1.165) is 50.0 Å². The fourth-order valence-electron chi connectivity index (χ4n) is 9.96. The van der Waals surface area contributed by atoms with E-state index in [1.807, 2.05) is 48.5 Å². The predicted octanol–water partition coefficient (Wildman–Crippen LogP) is 13.6. The zero-order valence-corrected chi connectivity index (χ0v) is 32.0. The van der Waals surface area contributed by atoms with E-state index >= 15 is 0 Å². The zero-order chi connectivity index (χ0) is 38.6. The lowest BCUT2D eigenvalue weighted by Crippen LogP contribution is -2.40. The van der Waals surface area contributed by atoms with Crippen molar-refractivity contribution in [2.24, 2.45) is 0 Å². The highest BCUT2D eigenvalue weighted by molar-refractivity contribution is 5.91. The molecule has 8 aromatic carbocycles. The molecule has 2 aromatic heterocycles. The van der Waals surface area contributed by atoms with Crippen LogP contribution in [0.4, 0.5) is 0 Å².